The van der Waals surface area contributed by atoms with Gasteiger partial charge in [0.15, 0.2) is 0 Å². The van der Waals surface area contributed by atoms with Crippen LogP contribution in [-0.4, -0.2) is 16.0 Å². The van der Waals surface area contributed by atoms with E-state index in [-0.39, 0.29) is 0 Å². The van der Waals surface area contributed by atoms with Gasteiger partial charge in [-0.3, -0.25) is 0 Å². The van der Waals surface area contributed by atoms with Crippen molar-refractivity contribution in [3.05, 3.63) is 40.6 Å². The van der Waals surface area contributed by atoms with Crippen LogP contribution in [0.25, 0.3) is 0 Å². The summed E-state index contributed by atoms with van der Waals surface area (Å²) in [5.41, 5.74) is 1.00. The summed E-state index contributed by atoms with van der Waals surface area (Å²) in [7, 11) is 0. The van der Waals surface area contributed by atoms with E-state index in [0.29, 0.717) is 6.04 Å². The third-order valence-electron chi connectivity index (χ3n) is 3.93. The number of aryl methyl sites for hydroxylation is 1. The van der Waals surface area contributed by atoms with E-state index in [1.54, 1.807) is 0 Å². The molecular formula is C17H21BrN4. The first kappa shape index (κ1) is 15.3. The highest BCUT2D eigenvalue weighted by atomic mass is 79.9. The van der Waals surface area contributed by atoms with E-state index in [9.17, 15) is 0 Å². The Morgan fingerprint density at radius 2 is 1.77 bits per heavy atom. The van der Waals surface area contributed by atoms with Crippen LogP contribution in [0, 0.1) is 6.92 Å². The first-order valence-corrected chi connectivity index (χ1v) is 8.64. The van der Waals surface area contributed by atoms with Crippen LogP contribution in [0.15, 0.2) is 34.8 Å². The number of hydrogen-bond acceptors (Lipinski definition) is 4. The van der Waals surface area contributed by atoms with E-state index < -0.39 is 0 Å². The zero-order valence-corrected chi connectivity index (χ0v) is 14.4. The van der Waals surface area contributed by atoms with E-state index in [1.165, 1.54) is 32.1 Å². The van der Waals surface area contributed by atoms with Crippen LogP contribution in [0.1, 0.15) is 37.9 Å². The zero-order valence-electron chi connectivity index (χ0n) is 12.8. The fraction of sp³-hybridized carbons (Fsp3) is 0.412. The Bertz CT molecular complexity index is 638. The van der Waals surface area contributed by atoms with Crippen LogP contribution in [0.3, 0.4) is 0 Å². The summed E-state index contributed by atoms with van der Waals surface area (Å²) in [6.07, 6.45) is 6.44. The third kappa shape index (κ3) is 3.97. The lowest BCUT2D eigenvalue weighted by molar-refractivity contribution is 0.462. The first-order chi connectivity index (χ1) is 10.7. The van der Waals surface area contributed by atoms with Gasteiger partial charge in [0, 0.05) is 16.6 Å². The Morgan fingerprint density at radius 3 is 2.55 bits per heavy atom. The number of anilines is 3. The van der Waals surface area contributed by atoms with Gasteiger partial charge in [0.25, 0.3) is 0 Å². The molecular weight excluding hydrogens is 340 g/mol. The van der Waals surface area contributed by atoms with Crippen molar-refractivity contribution in [2.24, 2.45) is 0 Å². The monoisotopic (exact) mass is 360 g/mol. The van der Waals surface area contributed by atoms with Gasteiger partial charge >= 0.3 is 0 Å². The summed E-state index contributed by atoms with van der Waals surface area (Å²) in [5.74, 6) is 2.50. The molecule has 1 aromatic heterocycles. The number of rotatable bonds is 4. The smallest absolute Gasteiger partial charge is 0.136 e. The van der Waals surface area contributed by atoms with Crippen molar-refractivity contribution < 1.29 is 0 Å². The van der Waals surface area contributed by atoms with E-state index in [1.807, 2.05) is 37.3 Å². The Labute approximate surface area is 139 Å². The molecule has 0 amide bonds. The molecule has 0 bridgehead atoms. The van der Waals surface area contributed by atoms with Gasteiger partial charge in [-0.15, -0.1) is 0 Å². The highest BCUT2D eigenvalue weighted by Gasteiger charge is 2.14. The molecule has 0 radical (unpaired) electrons. The van der Waals surface area contributed by atoms with Gasteiger partial charge in [0.05, 0.1) is 5.69 Å². The van der Waals surface area contributed by atoms with Crippen molar-refractivity contribution in [3.8, 4) is 0 Å². The average Bonchev–Trinajstić information content (AvgIpc) is 2.50. The Kier molecular flexibility index (Phi) is 4.93. The molecule has 2 N–H and O–H groups in total. The van der Waals surface area contributed by atoms with Crippen LogP contribution in [0.5, 0.6) is 0 Å². The minimum absolute atomic E-state index is 0.541. The molecule has 1 saturated carbocycles. The number of halogens is 1. The van der Waals surface area contributed by atoms with Gasteiger partial charge in [0.1, 0.15) is 17.5 Å². The lowest BCUT2D eigenvalue weighted by Gasteiger charge is -2.23. The highest BCUT2D eigenvalue weighted by molar-refractivity contribution is 9.10. The van der Waals surface area contributed by atoms with Crippen LogP contribution in [0.4, 0.5) is 17.3 Å². The SMILES string of the molecule is Cc1nc(Nc2ccccc2Br)cc(NC2CCCCC2)n1. The fourth-order valence-electron chi connectivity index (χ4n) is 2.86. The molecule has 1 aliphatic rings. The molecule has 0 unspecified atom stereocenters. The van der Waals surface area contributed by atoms with Gasteiger partial charge in [-0.05, 0) is 47.8 Å². The Balaban J connectivity index is 1.76. The second-order valence-electron chi connectivity index (χ2n) is 5.77. The minimum atomic E-state index is 0.541. The molecule has 116 valence electrons. The predicted octanol–water partition coefficient (Wildman–Crippen LogP) is 5.04. The highest BCUT2D eigenvalue weighted by Crippen LogP contribution is 2.26. The Morgan fingerprint density at radius 1 is 1.05 bits per heavy atom. The third-order valence-corrected chi connectivity index (χ3v) is 4.62. The van der Waals surface area contributed by atoms with E-state index in [0.717, 1.165) is 27.6 Å². The first-order valence-electron chi connectivity index (χ1n) is 7.84. The summed E-state index contributed by atoms with van der Waals surface area (Å²) in [5, 5.41) is 6.91. The second kappa shape index (κ2) is 7.09. The van der Waals surface area contributed by atoms with Gasteiger partial charge in [-0.1, -0.05) is 31.4 Å². The van der Waals surface area contributed by atoms with Crippen molar-refractivity contribution >= 4 is 33.3 Å². The predicted molar refractivity (Wildman–Crippen MR) is 94.7 cm³/mol. The normalized spacial score (nSPS) is 15.5. The number of nitrogens with one attached hydrogen (secondary N) is 2. The lowest BCUT2D eigenvalue weighted by Crippen LogP contribution is -2.23. The molecule has 22 heavy (non-hydrogen) atoms. The maximum absolute atomic E-state index is 4.52. The van der Waals surface area contributed by atoms with Crippen molar-refractivity contribution in [2.75, 3.05) is 10.6 Å². The van der Waals surface area contributed by atoms with Crippen LogP contribution in [-0.2, 0) is 0 Å². The molecule has 5 heteroatoms. The van der Waals surface area contributed by atoms with Crippen molar-refractivity contribution in [3.63, 3.8) is 0 Å². The molecule has 3 rings (SSSR count). The maximum Gasteiger partial charge on any atom is 0.136 e. The Hall–Kier alpha value is -1.62. The van der Waals surface area contributed by atoms with Crippen LogP contribution in [0.2, 0.25) is 0 Å². The number of aromatic nitrogens is 2. The summed E-state index contributed by atoms with van der Waals surface area (Å²) in [4.78, 5) is 9.00. The topological polar surface area (TPSA) is 49.8 Å². The standard InChI is InChI=1S/C17H21BrN4/c1-12-19-16(21-13-7-3-2-4-8-13)11-17(20-12)22-15-10-6-5-9-14(15)18/h5-6,9-11,13H,2-4,7-8H2,1H3,(H2,19,20,21,22). The molecule has 0 spiro atoms. The minimum Gasteiger partial charge on any atom is -0.367 e. The van der Waals surface area contributed by atoms with Crippen LogP contribution >= 0.6 is 15.9 Å². The van der Waals surface area contributed by atoms with Gasteiger partial charge in [-0.2, -0.15) is 0 Å². The number of para-hydroxylation sites is 1. The number of benzene rings is 1. The van der Waals surface area contributed by atoms with E-state index >= 15 is 0 Å². The lowest BCUT2D eigenvalue weighted by atomic mass is 9.95. The number of nitrogens with zero attached hydrogens (tertiary/aromatic N) is 2. The average molecular weight is 361 g/mol. The molecule has 1 aromatic carbocycles. The quantitative estimate of drug-likeness (QED) is 0.801. The van der Waals surface area contributed by atoms with Gasteiger partial charge in [0.2, 0.25) is 0 Å². The molecule has 4 nitrogen and oxygen atoms in total. The van der Waals surface area contributed by atoms with E-state index in [4.69, 9.17) is 0 Å². The van der Waals surface area contributed by atoms with Gasteiger partial charge in [-0.25, -0.2) is 9.97 Å². The fourth-order valence-corrected chi connectivity index (χ4v) is 3.25. The van der Waals surface area contributed by atoms with Gasteiger partial charge < -0.3 is 10.6 Å². The molecule has 0 atom stereocenters. The second-order valence-corrected chi connectivity index (χ2v) is 6.62. The summed E-state index contributed by atoms with van der Waals surface area (Å²) in [6.45, 7) is 1.93. The largest absolute Gasteiger partial charge is 0.367 e. The van der Waals surface area contributed by atoms with Crippen molar-refractivity contribution in [2.45, 2.75) is 45.1 Å². The summed E-state index contributed by atoms with van der Waals surface area (Å²) >= 11 is 3.55. The summed E-state index contributed by atoms with van der Waals surface area (Å²) < 4.78 is 1.02. The molecule has 1 fully saturated rings. The van der Waals surface area contributed by atoms with E-state index in [2.05, 4.69) is 36.5 Å². The van der Waals surface area contributed by atoms with Crippen molar-refractivity contribution in [1.82, 2.24) is 9.97 Å². The molecule has 2 aromatic rings. The maximum atomic E-state index is 4.52. The molecule has 1 aliphatic carbocycles. The molecule has 0 saturated heterocycles. The summed E-state index contributed by atoms with van der Waals surface area (Å²) in [6, 6.07) is 10.6. The molecule has 1 heterocycles. The number of hydrogen-bond donors (Lipinski definition) is 2. The molecule has 0 aliphatic heterocycles. The van der Waals surface area contributed by atoms with Crippen LogP contribution < -0.4 is 10.6 Å². The van der Waals surface area contributed by atoms with Crippen molar-refractivity contribution in [1.29, 1.82) is 0 Å². The zero-order chi connectivity index (χ0) is 15.4.